The smallest absolute Gasteiger partial charge is 0.244 e. The minimum absolute atomic E-state index is 0.171. The second kappa shape index (κ2) is 8.45. The summed E-state index contributed by atoms with van der Waals surface area (Å²) in [6.45, 7) is 0.394. The number of pyridine rings is 1. The Balaban J connectivity index is 1.55. The highest BCUT2D eigenvalue weighted by Crippen LogP contribution is 2.28. The van der Waals surface area contributed by atoms with Gasteiger partial charge in [-0.2, -0.15) is 5.10 Å². The lowest BCUT2D eigenvalue weighted by Crippen LogP contribution is -2.20. The van der Waals surface area contributed by atoms with Crippen molar-refractivity contribution in [2.75, 3.05) is 0 Å². The Morgan fingerprint density at radius 2 is 1.93 bits per heavy atom. The monoisotopic (exact) mass is 386 g/mol. The van der Waals surface area contributed by atoms with E-state index in [2.05, 4.69) is 10.3 Å². The largest absolute Gasteiger partial charge is 0.347 e. The van der Waals surface area contributed by atoms with Gasteiger partial charge in [-0.25, -0.2) is 4.68 Å². The number of aromatic nitrogens is 3. The predicted octanol–water partition coefficient (Wildman–Crippen LogP) is 4.33. The third kappa shape index (κ3) is 4.24. The number of thiophene rings is 1. The highest BCUT2D eigenvalue weighted by molar-refractivity contribution is 7.13. The lowest BCUT2D eigenvalue weighted by molar-refractivity contribution is -0.116. The van der Waals surface area contributed by atoms with Crippen molar-refractivity contribution in [3.63, 3.8) is 0 Å². The van der Waals surface area contributed by atoms with E-state index in [1.165, 1.54) is 6.08 Å². The number of hydrogen-bond donors (Lipinski definition) is 1. The second-order valence-corrected chi connectivity index (χ2v) is 7.01. The highest BCUT2D eigenvalue weighted by Gasteiger charge is 2.11. The Hall–Kier alpha value is -3.51. The number of nitrogens with zero attached hydrogens (tertiary/aromatic N) is 3. The van der Waals surface area contributed by atoms with Gasteiger partial charge < -0.3 is 5.32 Å². The van der Waals surface area contributed by atoms with Gasteiger partial charge in [0.2, 0.25) is 5.91 Å². The van der Waals surface area contributed by atoms with E-state index < -0.39 is 0 Å². The van der Waals surface area contributed by atoms with E-state index in [9.17, 15) is 4.79 Å². The molecule has 138 valence electrons. The average Bonchev–Trinajstić information content (AvgIpc) is 3.42. The van der Waals surface area contributed by atoms with E-state index in [1.54, 1.807) is 23.6 Å². The van der Waals surface area contributed by atoms with E-state index in [0.29, 0.717) is 6.54 Å². The number of para-hydroxylation sites is 1. The van der Waals surface area contributed by atoms with Gasteiger partial charge in [-0.3, -0.25) is 9.78 Å². The van der Waals surface area contributed by atoms with E-state index in [1.807, 2.05) is 76.9 Å². The molecule has 3 aromatic heterocycles. The zero-order chi connectivity index (χ0) is 19.2. The highest BCUT2D eigenvalue weighted by atomic mass is 32.1. The molecule has 0 fully saturated rings. The Morgan fingerprint density at radius 3 is 2.68 bits per heavy atom. The summed E-state index contributed by atoms with van der Waals surface area (Å²) in [5, 5.41) is 9.60. The van der Waals surface area contributed by atoms with Crippen molar-refractivity contribution in [2.24, 2.45) is 0 Å². The number of benzene rings is 1. The van der Waals surface area contributed by atoms with Crippen molar-refractivity contribution >= 4 is 23.3 Å². The molecule has 0 radical (unpaired) electrons. The molecule has 4 rings (SSSR count). The fourth-order valence-corrected chi connectivity index (χ4v) is 3.46. The minimum atomic E-state index is -0.171. The fourth-order valence-electron chi connectivity index (χ4n) is 2.73. The van der Waals surface area contributed by atoms with Crippen LogP contribution in [0.25, 0.3) is 22.3 Å². The standard InChI is InChI=1S/C22H18N4OS/c27-21(24-15-18-7-4-5-13-23-18)12-11-17-16-26(19-8-2-1-3-9-19)25-22(17)20-10-6-14-28-20/h1-14,16H,15H2,(H,24,27). The third-order valence-corrected chi connectivity index (χ3v) is 4.98. The van der Waals surface area contributed by atoms with Gasteiger partial charge in [-0.05, 0) is 41.8 Å². The maximum absolute atomic E-state index is 12.2. The maximum Gasteiger partial charge on any atom is 0.244 e. The molecule has 1 aromatic carbocycles. The summed E-state index contributed by atoms with van der Waals surface area (Å²) >= 11 is 1.62. The quantitative estimate of drug-likeness (QED) is 0.502. The molecule has 3 heterocycles. The van der Waals surface area contributed by atoms with Crippen molar-refractivity contribution in [3.8, 4) is 16.3 Å². The number of rotatable bonds is 6. The third-order valence-electron chi connectivity index (χ3n) is 4.10. The SMILES string of the molecule is O=C(C=Cc1cn(-c2ccccc2)nc1-c1cccs1)NCc1ccccn1. The zero-order valence-corrected chi connectivity index (χ0v) is 15.8. The summed E-state index contributed by atoms with van der Waals surface area (Å²) in [5.41, 5.74) is 3.53. The molecule has 0 aliphatic rings. The molecule has 0 bridgehead atoms. The average molecular weight is 386 g/mol. The van der Waals surface area contributed by atoms with Crippen molar-refractivity contribution in [1.82, 2.24) is 20.1 Å². The summed E-state index contributed by atoms with van der Waals surface area (Å²) in [7, 11) is 0. The van der Waals surface area contributed by atoms with Crippen LogP contribution in [0.2, 0.25) is 0 Å². The molecule has 1 N–H and O–H groups in total. The van der Waals surface area contributed by atoms with Gasteiger partial charge in [0.1, 0.15) is 5.69 Å². The lowest BCUT2D eigenvalue weighted by atomic mass is 10.2. The van der Waals surface area contributed by atoms with Gasteiger partial charge in [0.05, 0.1) is 22.8 Å². The van der Waals surface area contributed by atoms with Crippen LogP contribution in [0, 0.1) is 0 Å². The molecule has 0 atom stereocenters. The molecule has 28 heavy (non-hydrogen) atoms. The molecular formula is C22H18N4OS. The molecule has 5 nitrogen and oxygen atoms in total. The zero-order valence-electron chi connectivity index (χ0n) is 15.0. The molecule has 0 spiro atoms. The fraction of sp³-hybridized carbons (Fsp3) is 0.0455. The van der Waals surface area contributed by atoms with Gasteiger partial charge in [0.25, 0.3) is 0 Å². The number of carbonyl (C=O) groups excluding carboxylic acids is 1. The Bertz CT molecular complexity index is 1070. The normalized spacial score (nSPS) is 11.0. The number of amides is 1. The van der Waals surface area contributed by atoms with Crippen LogP contribution in [0.1, 0.15) is 11.3 Å². The van der Waals surface area contributed by atoms with Gasteiger partial charge >= 0.3 is 0 Å². The minimum Gasteiger partial charge on any atom is -0.347 e. The van der Waals surface area contributed by atoms with Crippen LogP contribution in [-0.4, -0.2) is 20.7 Å². The molecular weight excluding hydrogens is 368 g/mol. The van der Waals surface area contributed by atoms with E-state index in [4.69, 9.17) is 5.10 Å². The molecule has 0 aliphatic heterocycles. The van der Waals surface area contributed by atoms with Crippen LogP contribution in [0.15, 0.2) is 84.5 Å². The van der Waals surface area contributed by atoms with Gasteiger partial charge in [-0.15, -0.1) is 11.3 Å². The Morgan fingerprint density at radius 1 is 1.07 bits per heavy atom. The molecule has 0 saturated heterocycles. The molecule has 0 saturated carbocycles. The summed E-state index contributed by atoms with van der Waals surface area (Å²) in [6.07, 6.45) is 6.98. The number of carbonyl (C=O) groups is 1. The van der Waals surface area contributed by atoms with Crippen molar-refractivity contribution in [3.05, 3.63) is 95.8 Å². The molecule has 6 heteroatoms. The van der Waals surface area contributed by atoms with E-state index in [-0.39, 0.29) is 5.91 Å². The van der Waals surface area contributed by atoms with Gasteiger partial charge in [0, 0.05) is 24.0 Å². The Labute approximate surface area is 167 Å². The first kappa shape index (κ1) is 17.9. The molecule has 4 aromatic rings. The van der Waals surface area contributed by atoms with Crippen LogP contribution in [0.5, 0.6) is 0 Å². The lowest BCUT2D eigenvalue weighted by Gasteiger charge is -2.00. The van der Waals surface area contributed by atoms with Gasteiger partial charge in [0.15, 0.2) is 0 Å². The first-order valence-corrected chi connectivity index (χ1v) is 9.72. The van der Waals surface area contributed by atoms with Crippen molar-refractivity contribution in [1.29, 1.82) is 0 Å². The summed E-state index contributed by atoms with van der Waals surface area (Å²) in [5.74, 6) is -0.171. The molecule has 0 unspecified atom stereocenters. The van der Waals surface area contributed by atoms with E-state index in [0.717, 1.165) is 27.5 Å². The first-order chi connectivity index (χ1) is 13.8. The van der Waals surface area contributed by atoms with E-state index >= 15 is 0 Å². The molecule has 1 amide bonds. The van der Waals surface area contributed by atoms with Crippen LogP contribution in [0.3, 0.4) is 0 Å². The summed E-state index contributed by atoms with van der Waals surface area (Å²) < 4.78 is 1.83. The summed E-state index contributed by atoms with van der Waals surface area (Å²) in [4.78, 5) is 17.5. The topological polar surface area (TPSA) is 59.8 Å². The number of hydrogen-bond acceptors (Lipinski definition) is 4. The van der Waals surface area contributed by atoms with Crippen LogP contribution in [-0.2, 0) is 11.3 Å². The molecule has 0 aliphatic carbocycles. The number of nitrogens with one attached hydrogen (secondary N) is 1. The summed E-state index contributed by atoms with van der Waals surface area (Å²) in [6, 6.07) is 19.6. The van der Waals surface area contributed by atoms with Crippen LogP contribution in [0.4, 0.5) is 0 Å². The van der Waals surface area contributed by atoms with Crippen LogP contribution >= 0.6 is 11.3 Å². The first-order valence-electron chi connectivity index (χ1n) is 8.84. The van der Waals surface area contributed by atoms with Gasteiger partial charge in [-0.1, -0.05) is 30.3 Å². The van der Waals surface area contributed by atoms with Crippen LogP contribution < -0.4 is 5.32 Å². The van der Waals surface area contributed by atoms with Crippen molar-refractivity contribution < 1.29 is 4.79 Å². The maximum atomic E-state index is 12.2. The Kier molecular flexibility index (Phi) is 5.40. The van der Waals surface area contributed by atoms with Crippen molar-refractivity contribution in [2.45, 2.75) is 6.54 Å². The predicted molar refractivity (Wildman–Crippen MR) is 112 cm³/mol. The second-order valence-electron chi connectivity index (χ2n) is 6.06.